The van der Waals surface area contributed by atoms with Crippen molar-refractivity contribution in [1.82, 2.24) is 4.98 Å². The summed E-state index contributed by atoms with van der Waals surface area (Å²) < 4.78 is 5.20. The van der Waals surface area contributed by atoms with Gasteiger partial charge >= 0.3 is 0 Å². The van der Waals surface area contributed by atoms with Gasteiger partial charge in [0, 0.05) is 4.88 Å². The maximum Gasteiger partial charge on any atom is 0.285 e. The highest BCUT2D eigenvalue weighted by Gasteiger charge is 2.26. The van der Waals surface area contributed by atoms with Crippen LogP contribution < -0.4 is 10.1 Å². The van der Waals surface area contributed by atoms with E-state index in [0.717, 1.165) is 25.0 Å². The van der Waals surface area contributed by atoms with E-state index in [1.165, 1.54) is 60.1 Å². The maximum absolute atomic E-state index is 12.8. The second-order valence-corrected chi connectivity index (χ2v) is 8.65. The van der Waals surface area contributed by atoms with Crippen molar-refractivity contribution in [2.24, 2.45) is 5.92 Å². The van der Waals surface area contributed by atoms with Gasteiger partial charge in [0.05, 0.1) is 28.7 Å². The van der Waals surface area contributed by atoms with Crippen LogP contribution >= 0.6 is 23.1 Å². The lowest BCUT2D eigenvalue weighted by Gasteiger charge is -2.19. The summed E-state index contributed by atoms with van der Waals surface area (Å²) in [5, 5.41) is 14.7. The molecule has 1 aromatic heterocycles. The maximum atomic E-state index is 12.8. The molecule has 1 aromatic carbocycles. The third-order valence-corrected chi connectivity index (χ3v) is 6.70. The fourth-order valence-corrected chi connectivity index (χ4v) is 5.21. The van der Waals surface area contributed by atoms with Gasteiger partial charge in [-0.2, -0.15) is 0 Å². The third-order valence-electron chi connectivity index (χ3n) is 4.90. The van der Waals surface area contributed by atoms with E-state index in [1.807, 2.05) is 6.26 Å². The van der Waals surface area contributed by atoms with E-state index in [-0.39, 0.29) is 11.3 Å². The molecule has 0 spiro atoms. The minimum absolute atomic E-state index is 0.00665. The number of ether oxygens (including phenoxy) is 1. The summed E-state index contributed by atoms with van der Waals surface area (Å²) in [7, 11) is 1.45. The number of nitrogens with zero attached hydrogens (tertiary/aromatic N) is 2. The molecule has 28 heavy (non-hydrogen) atoms. The van der Waals surface area contributed by atoms with Crippen LogP contribution in [0.5, 0.6) is 5.75 Å². The Morgan fingerprint density at radius 1 is 1.50 bits per heavy atom. The van der Waals surface area contributed by atoms with Crippen molar-refractivity contribution in [3.63, 3.8) is 0 Å². The Bertz CT molecular complexity index is 898. The first-order valence-corrected chi connectivity index (χ1v) is 11.2. The monoisotopic (exact) mass is 421 g/mol. The predicted molar refractivity (Wildman–Crippen MR) is 112 cm³/mol. The molecule has 1 aliphatic rings. The lowest BCUT2D eigenvalue weighted by atomic mass is 9.88. The number of thioether (sulfide) groups is 1. The Balaban J connectivity index is 1.85. The normalized spacial score (nSPS) is 15.8. The van der Waals surface area contributed by atoms with Gasteiger partial charge in [0.25, 0.3) is 11.6 Å². The van der Waals surface area contributed by atoms with Crippen LogP contribution in [0.2, 0.25) is 0 Å². The van der Waals surface area contributed by atoms with Crippen LogP contribution in [-0.4, -0.2) is 29.2 Å². The minimum Gasteiger partial charge on any atom is -0.495 e. The van der Waals surface area contributed by atoms with Gasteiger partial charge in [0.15, 0.2) is 5.13 Å². The number of aryl methyl sites for hydroxylation is 1. The van der Waals surface area contributed by atoms with Crippen LogP contribution in [0.3, 0.4) is 0 Å². The minimum atomic E-state index is -0.566. The van der Waals surface area contributed by atoms with E-state index in [0.29, 0.717) is 21.7 Å². The van der Waals surface area contributed by atoms with Crippen molar-refractivity contribution >= 4 is 39.8 Å². The molecule has 0 saturated heterocycles. The topological polar surface area (TPSA) is 94.4 Å². The molecule has 1 aliphatic carbocycles. The molecule has 0 bridgehead atoms. The number of methoxy groups -OCH3 is 1. The molecule has 9 heteroatoms. The van der Waals surface area contributed by atoms with Gasteiger partial charge < -0.3 is 4.74 Å². The largest absolute Gasteiger partial charge is 0.495 e. The molecule has 1 N–H and O–H groups in total. The van der Waals surface area contributed by atoms with Crippen molar-refractivity contribution in [3.05, 3.63) is 38.4 Å². The number of carbonyl (C=O) groups is 1. The zero-order valence-electron chi connectivity index (χ0n) is 16.1. The average Bonchev–Trinajstić information content (AvgIpc) is 3.08. The number of carbonyl (C=O) groups excluding carboxylic acids is 1. The summed E-state index contributed by atoms with van der Waals surface area (Å²) in [4.78, 5) is 30.1. The van der Waals surface area contributed by atoms with Crippen molar-refractivity contribution in [2.45, 2.75) is 43.9 Å². The first-order valence-electron chi connectivity index (χ1n) is 9.17. The summed E-state index contributed by atoms with van der Waals surface area (Å²) in [5.74, 6) is 0.525. The summed E-state index contributed by atoms with van der Waals surface area (Å²) >= 11 is 2.84. The summed E-state index contributed by atoms with van der Waals surface area (Å²) in [6, 6.07) is 2.80. The van der Waals surface area contributed by atoms with Gasteiger partial charge in [-0.3, -0.25) is 20.2 Å². The molecule has 1 amide bonds. The number of rotatable bonds is 7. The van der Waals surface area contributed by atoms with E-state index >= 15 is 0 Å². The molecule has 150 valence electrons. The highest BCUT2D eigenvalue weighted by molar-refractivity contribution is 7.98. The van der Waals surface area contributed by atoms with Gasteiger partial charge in [0.1, 0.15) is 11.3 Å². The zero-order chi connectivity index (χ0) is 20.3. The number of amides is 1. The highest BCUT2D eigenvalue weighted by Crippen LogP contribution is 2.36. The number of anilines is 1. The number of hydrogen-bond acceptors (Lipinski definition) is 7. The quantitative estimate of drug-likeness (QED) is 0.387. The molecular formula is C19H23N3O4S2. The molecule has 0 radical (unpaired) electrons. The molecule has 3 rings (SSSR count). The van der Waals surface area contributed by atoms with Crippen LogP contribution in [0.1, 0.15) is 47.1 Å². The summed E-state index contributed by atoms with van der Waals surface area (Å²) in [5.41, 5.74) is 0.769. The number of hydrogen-bond donors (Lipinski definition) is 1. The predicted octanol–water partition coefficient (Wildman–Crippen LogP) is 4.94. The fraction of sp³-hybridized carbons (Fsp3) is 0.474. The van der Waals surface area contributed by atoms with E-state index < -0.39 is 10.8 Å². The van der Waals surface area contributed by atoms with Crippen molar-refractivity contribution in [1.29, 1.82) is 0 Å². The second-order valence-electron chi connectivity index (χ2n) is 6.72. The molecule has 1 unspecified atom stereocenters. The van der Waals surface area contributed by atoms with Crippen LogP contribution in [-0.2, 0) is 12.8 Å². The van der Waals surface area contributed by atoms with Crippen molar-refractivity contribution in [2.75, 3.05) is 18.7 Å². The first kappa shape index (κ1) is 20.6. The highest BCUT2D eigenvalue weighted by atomic mass is 32.2. The average molecular weight is 422 g/mol. The number of thiazole rings is 1. The summed E-state index contributed by atoms with van der Waals surface area (Å²) in [6.45, 7) is 2.19. The Kier molecular flexibility index (Phi) is 6.56. The molecule has 1 heterocycles. The van der Waals surface area contributed by atoms with Crippen molar-refractivity contribution in [3.8, 4) is 5.75 Å². The Morgan fingerprint density at radius 3 is 2.93 bits per heavy atom. The second kappa shape index (κ2) is 8.91. The van der Waals surface area contributed by atoms with Gasteiger partial charge in [-0.05, 0) is 37.5 Å². The van der Waals surface area contributed by atoms with E-state index in [2.05, 4.69) is 17.2 Å². The van der Waals surface area contributed by atoms with Crippen LogP contribution in [0, 0.1) is 16.0 Å². The molecule has 0 fully saturated rings. The lowest BCUT2D eigenvalue weighted by molar-refractivity contribution is -0.385. The Morgan fingerprint density at radius 2 is 2.29 bits per heavy atom. The van der Waals surface area contributed by atoms with E-state index in [1.54, 1.807) is 0 Å². The standard InChI is InChI=1S/C19H23N3O4S2/c1-4-5-11-6-7-13-16(8-11)28-19(20-13)21-18(23)12-9-17(27-3)15(26-2)10-14(12)22(24)25/h9-11H,4-8H2,1-3H3,(H,20,21,23). The van der Waals surface area contributed by atoms with Gasteiger partial charge in [-0.25, -0.2) is 4.98 Å². The van der Waals surface area contributed by atoms with Crippen molar-refractivity contribution < 1.29 is 14.5 Å². The fourth-order valence-electron chi connectivity index (χ4n) is 3.52. The van der Waals surface area contributed by atoms with Crippen LogP contribution in [0.25, 0.3) is 0 Å². The number of nitrogens with one attached hydrogen (secondary N) is 1. The summed E-state index contributed by atoms with van der Waals surface area (Å²) in [6.07, 6.45) is 7.24. The first-order chi connectivity index (χ1) is 13.5. The SMILES string of the molecule is CCCC1CCc2nc(NC(=O)c3cc(SC)c(OC)cc3[N+](=O)[O-])sc2C1. The lowest BCUT2D eigenvalue weighted by Crippen LogP contribution is -2.14. The number of nitro benzene ring substituents is 1. The number of nitro groups is 1. The zero-order valence-corrected chi connectivity index (χ0v) is 17.7. The molecular weight excluding hydrogens is 398 g/mol. The third kappa shape index (κ3) is 4.30. The van der Waals surface area contributed by atoms with Gasteiger partial charge in [-0.1, -0.05) is 19.8 Å². The Hall–Kier alpha value is -2.13. The molecule has 7 nitrogen and oxygen atoms in total. The molecule has 0 aliphatic heterocycles. The number of aromatic nitrogens is 1. The van der Waals surface area contributed by atoms with Gasteiger partial charge in [0.2, 0.25) is 0 Å². The number of benzene rings is 1. The number of fused-ring (bicyclic) bond motifs is 1. The molecule has 2 aromatic rings. The smallest absolute Gasteiger partial charge is 0.285 e. The molecule has 0 saturated carbocycles. The van der Waals surface area contributed by atoms with Crippen LogP contribution in [0.4, 0.5) is 10.8 Å². The van der Waals surface area contributed by atoms with E-state index in [9.17, 15) is 14.9 Å². The Labute approximate surface area is 172 Å². The van der Waals surface area contributed by atoms with Gasteiger partial charge in [-0.15, -0.1) is 23.1 Å². The van der Waals surface area contributed by atoms with Crippen LogP contribution in [0.15, 0.2) is 17.0 Å². The van der Waals surface area contributed by atoms with E-state index in [4.69, 9.17) is 4.74 Å². The molecule has 1 atom stereocenters.